The van der Waals surface area contributed by atoms with E-state index in [0.717, 1.165) is 16.7 Å². The second-order valence-corrected chi connectivity index (χ2v) is 7.38. The molecule has 0 saturated heterocycles. The zero-order chi connectivity index (χ0) is 22.0. The maximum absolute atomic E-state index is 12.7. The van der Waals surface area contributed by atoms with Crippen LogP contribution in [0.1, 0.15) is 55.5 Å². The molecule has 0 spiro atoms. The lowest BCUT2D eigenvalue weighted by Gasteiger charge is -2.27. The SMILES string of the molecule is Cc1c(OCc2ccc(C(N)=O)cc2)ccc2c1OC(c1ccc(C#N)cc1)CC2=O. The predicted octanol–water partition coefficient (Wildman–Crippen LogP) is 4.25. The minimum atomic E-state index is -0.475. The Balaban J connectivity index is 1.54. The van der Waals surface area contributed by atoms with Crippen molar-refractivity contribution in [2.45, 2.75) is 26.1 Å². The molecule has 3 aromatic carbocycles. The van der Waals surface area contributed by atoms with Crippen LogP contribution in [0.4, 0.5) is 0 Å². The smallest absolute Gasteiger partial charge is 0.248 e. The summed E-state index contributed by atoms with van der Waals surface area (Å²) in [6, 6.07) is 19.5. The maximum Gasteiger partial charge on any atom is 0.248 e. The van der Waals surface area contributed by atoms with Gasteiger partial charge < -0.3 is 15.2 Å². The molecule has 1 atom stereocenters. The Morgan fingerprint density at radius 1 is 1.13 bits per heavy atom. The van der Waals surface area contributed by atoms with Crippen LogP contribution in [0.3, 0.4) is 0 Å². The lowest BCUT2D eigenvalue weighted by atomic mass is 9.94. The summed E-state index contributed by atoms with van der Waals surface area (Å²) < 4.78 is 12.1. The van der Waals surface area contributed by atoms with Gasteiger partial charge in [-0.25, -0.2) is 0 Å². The fourth-order valence-electron chi connectivity index (χ4n) is 3.55. The van der Waals surface area contributed by atoms with Gasteiger partial charge in [-0.05, 0) is 54.4 Å². The number of carbonyl (C=O) groups is 2. The molecule has 6 heteroatoms. The van der Waals surface area contributed by atoms with Gasteiger partial charge in [0, 0.05) is 11.1 Å². The quantitative estimate of drug-likeness (QED) is 0.675. The highest BCUT2D eigenvalue weighted by Crippen LogP contribution is 2.40. The van der Waals surface area contributed by atoms with Gasteiger partial charge in [0.05, 0.1) is 23.6 Å². The standard InChI is InChI=1S/C25H20N2O4/c1-15-22(30-14-17-4-8-19(9-5-17)25(27)29)11-10-20-21(28)12-23(31-24(15)20)18-6-2-16(13-26)3-7-18/h2-11,23H,12,14H2,1H3,(H2,27,29). The number of nitrogens with two attached hydrogens (primary N) is 1. The van der Waals surface area contributed by atoms with Crippen molar-refractivity contribution in [1.29, 1.82) is 5.26 Å². The molecule has 0 saturated carbocycles. The third kappa shape index (κ3) is 4.12. The molecule has 1 amide bonds. The minimum Gasteiger partial charge on any atom is -0.488 e. The number of ether oxygens (including phenoxy) is 2. The van der Waals surface area contributed by atoms with Crippen LogP contribution in [0.2, 0.25) is 0 Å². The molecule has 3 aromatic rings. The first-order chi connectivity index (χ1) is 15.0. The van der Waals surface area contributed by atoms with Crippen molar-refractivity contribution in [2.75, 3.05) is 0 Å². The number of hydrogen-bond donors (Lipinski definition) is 1. The van der Waals surface area contributed by atoms with E-state index in [2.05, 4.69) is 6.07 Å². The van der Waals surface area contributed by atoms with Gasteiger partial charge in [0.15, 0.2) is 5.78 Å². The molecule has 1 aliphatic heterocycles. The highest BCUT2D eigenvalue weighted by Gasteiger charge is 2.30. The van der Waals surface area contributed by atoms with Crippen LogP contribution in [0.5, 0.6) is 11.5 Å². The van der Waals surface area contributed by atoms with Gasteiger partial charge in [0.1, 0.15) is 24.2 Å². The van der Waals surface area contributed by atoms with Gasteiger partial charge >= 0.3 is 0 Å². The highest BCUT2D eigenvalue weighted by atomic mass is 16.5. The second kappa shape index (κ2) is 8.33. The van der Waals surface area contributed by atoms with Gasteiger partial charge in [-0.2, -0.15) is 5.26 Å². The molecular formula is C25H20N2O4. The van der Waals surface area contributed by atoms with E-state index in [1.165, 1.54) is 0 Å². The first-order valence-corrected chi connectivity index (χ1v) is 9.81. The Morgan fingerprint density at radius 3 is 2.48 bits per heavy atom. The average molecular weight is 412 g/mol. The first kappa shape index (κ1) is 20.2. The summed E-state index contributed by atoms with van der Waals surface area (Å²) in [6.07, 6.45) is -0.173. The van der Waals surface area contributed by atoms with Crippen molar-refractivity contribution in [3.05, 3.63) is 94.0 Å². The first-order valence-electron chi connectivity index (χ1n) is 9.81. The van der Waals surface area contributed by atoms with Gasteiger partial charge in [-0.15, -0.1) is 0 Å². The third-order valence-electron chi connectivity index (χ3n) is 5.33. The number of nitriles is 1. The lowest BCUT2D eigenvalue weighted by Crippen LogP contribution is -2.21. The summed E-state index contributed by atoms with van der Waals surface area (Å²) in [5, 5.41) is 8.98. The van der Waals surface area contributed by atoms with E-state index in [4.69, 9.17) is 20.5 Å². The van der Waals surface area contributed by atoms with E-state index in [1.807, 2.05) is 19.1 Å². The van der Waals surface area contributed by atoms with Crippen LogP contribution in [-0.4, -0.2) is 11.7 Å². The van der Waals surface area contributed by atoms with E-state index >= 15 is 0 Å². The lowest BCUT2D eigenvalue weighted by molar-refractivity contribution is 0.0846. The summed E-state index contributed by atoms with van der Waals surface area (Å²) in [4.78, 5) is 23.9. The monoisotopic (exact) mass is 412 g/mol. The Bertz CT molecular complexity index is 1190. The molecule has 1 unspecified atom stereocenters. The number of Topliss-reactive ketones (excluding diaryl/α,β-unsaturated/α-hetero) is 1. The molecule has 0 radical (unpaired) electrons. The fourth-order valence-corrected chi connectivity index (χ4v) is 3.55. The number of amides is 1. The van der Waals surface area contributed by atoms with Crippen LogP contribution >= 0.6 is 0 Å². The molecule has 0 aromatic heterocycles. The third-order valence-corrected chi connectivity index (χ3v) is 5.33. The summed E-state index contributed by atoms with van der Waals surface area (Å²) >= 11 is 0. The van der Waals surface area contributed by atoms with Gasteiger partial charge in [-0.1, -0.05) is 24.3 Å². The molecule has 1 heterocycles. The molecule has 6 nitrogen and oxygen atoms in total. The van der Waals surface area contributed by atoms with Crippen molar-refractivity contribution in [3.63, 3.8) is 0 Å². The molecular weight excluding hydrogens is 392 g/mol. The fraction of sp³-hybridized carbons (Fsp3) is 0.160. The number of ketones is 1. The van der Waals surface area contributed by atoms with Gasteiger partial charge in [0.2, 0.25) is 5.91 Å². The largest absolute Gasteiger partial charge is 0.488 e. The molecule has 0 fully saturated rings. The molecule has 31 heavy (non-hydrogen) atoms. The zero-order valence-corrected chi connectivity index (χ0v) is 16.9. The number of primary amides is 1. The van der Waals surface area contributed by atoms with E-state index in [1.54, 1.807) is 48.5 Å². The maximum atomic E-state index is 12.7. The summed E-state index contributed by atoms with van der Waals surface area (Å²) in [5.41, 5.74) is 9.28. The predicted molar refractivity (Wildman–Crippen MR) is 114 cm³/mol. The number of carbonyl (C=O) groups excluding carboxylic acids is 2. The van der Waals surface area contributed by atoms with Gasteiger partial charge in [-0.3, -0.25) is 9.59 Å². The number of rotatable bonds is 5. The zero-order valence-electron chi connectivity index (χ0n) is 16.9. The molecule has 0 aliphatic carbocycles. The van der Waals surface area contributed by atoms with Crippen molar-refractivity contribution >= 4 is 11.7 Å². The van der Waals surface area contributed by atoms with Crippen molar-refractivity contribution in [2.24, 2.45) is 5.73 Å². The normalized spacial score (nSPS) is 14.8. The minimum absolute atomic E-state index is 0.00676. The molecule has 0 bridgehead atoms. The van der Waals surface area contributed by atoms with Crippen molar-refractivity contribution in [3.8, 4) is 17.6 Å². The van der Waals surface area contributed by atoms with Crippen LogP contribution in [-0.2, 0) is 6.61 Å². The number of nitrogens with zero attached hydrogens (tertiary/aromatic N) is 1. The van der Waals surface area contributed by atoms with Gasteiger partial charge in [0.25, 0.3) is 0 Å². The topological polar surface area (TPSA) is 102 Å². The van der Waals surface area contributed by atoms with Crippen LogP contribution < -0.4 is 15.2 Å². The number of fused-ring (bicyclic) bond motifs is 1. The Morgan fingerprint density at radius 2 is 1.84 bits per heavy atom. The van der Waals surface area contributed by atoms with E-state index in [-0.39, 0.29) is 12.2 Å². The van der Waals surface area contributed by atoms with Crippen molar-refractivity contribution in [1.82, 2.24) is 0 Å². The molecule has 154 valence electrons. The van der Waals surface area contributed by atoms with E-state index in [0.29, 0.717) is 34.8 Å². The number of benzene rings is 3. The van der Waals surface area contributed by atoms with Crippen LogP contribution in [0.15, 0.2) is 60.7 Å². The van der Waals surface area contributed by atoms with Crippen LogP contribution in [0, 0.1) is 18.3 Å². The highest BCUT2D eigenvalue weighted by molar-refractivity contribution is 6.00. The Labute approximate surface area is 179 Å². The molecule has 1 aliphatic rings. The molecule has 2 N–H and O–H groups in total. The Kier molecular flexibility index (Phi) is 5.42. The average Bonchev–Trinajstić information content (AvgIpc) is 2.79. The second-order valence-electron chi connectivity index (χ2n) is 7.38. The summed E-state index contributed by atoms with van der Waals surface area (Å²) in [6.45, 7) is 2.16. The van der Waals surface area contributed by atoms with Crippen molar-refractivity contribution < 1.29 is 19.1 Å². The summed E-state index contributed by atoms with van der Waals surface area (Å²) in [7, 11) is 0. The van der Waals surface area contributed by atoms with E-state index in [9.17, 15) is 9.59 Å². The Hall–Kier alpha value is -4.11. The van der Waals surface area contributed by atoms with Crippen LogP contribution in [0.25, 0.3) is 0 Å². The summed E-state index contributed by atoms with van der Waals surface area (Å²) in [5.74, 6) is 0.669. The molecule has 4 rings (SSSR count). The van der Waals surface area contributed by atoms with E-state index < -0.39 is 12.0 Å². The number of hydrogen-bond acceptors (Lipinski definition) is 5.